The molecule has 10 aromatic carbocycles. The van der Waals surface area contributed by atoms with E-state index in [-0.39, 0.29) is 0 Å². The molecule has 2 nitrogen and oxygen atoms in total. The van der Waals surface area contributed by atoms with E-state index in [0.29, 0.717) is 0 Å². The van der Waals surface area contributed by atoms with Crippen molar-refractivity contribution in [3.63, 3.8) is 0 Å². The topological polar surface area (TPSA) is 25.8 Å². The molecule has 0 saturated heterocycles. The predicted molar refractivity (Wildman–Crippen MR) is 220 cm³/mol. The van der Waals surface area contributed by atoms with Crippen molar-refractivity contribution in [3.05, 3.63) is 182 Å². The van der Waals surface area contributed by atoms with Gasteiger partial charge in [-0.2, -0.15) is 0 Å². The van der Waals surface area contributed by atoms with E-state index in [4.69, 9.17) is 9.97 Å². The Morgan fingerprint density at radius 1 is 0.250 bits per heavy atom. The minimum Gasteiger partial charge on any atom is -0.228 e. The maximum atomic E-state index is 5.07. The minimum atomic E-state index is 0.721. The van der Waals surface area contributed by atoms with Crippen molar-refractivity contribution in [1.82, 2.24) is 9.97 Å². The van der Waals surface area contributed by atoms with Crippen LogP contribution in [0.25, 0.3) is 110 Å². The lowest BCUT2D eigenvalue weighted by atomic mass is 9.86. The highest BCUT2D eigenvalue weighted by molar-refractivity contribution is 6.37. The van der Waals surface area contributed by atoms with Crippen LogP contribution in [-0.2, 0) is 0 Å². The molecule has 0 saturated carbocycles. The number of hydrogen-bond donors (Lipinski definition) is 0. The Morgan fingerprint density at radius 2 is 0.692 bits per heavy atom. The van der Waals surface area contributed by atoms with Crippen LogP contribution in [0.2, 0.25) is 0 Å². The first-order valence-electron chi connectivity index (χ1n) is 17.8. The fourth-order valence-electron chi connectivity index (χ4n) is 8.35. The molecule has 1 aromatic heterocycles. The first-order valence-corrected chi connectivity index (χ1v) is 17.8. The first-order chi connectivity index (χ1) is 25.8. The SMILES string of the molecule is c1ccc(-c2cc(-c3ccc(-c4cc5ccc6cccc7c8cccc9ccc%10cccc(c(c4)c5c67)c%10c98)cc3)nc(-c3ccccc3)n2)cc1. The second-order valence-corrected chi connectivity index (χ2v) is 13.7. The minimum absolute atomic E-state index is 0.721. The summed E-state index contributed by atoms with van der Waals surface area (Å²) in [6, 6.07) is 65.8. The number of aromatic nitrogens is 2. The molecule has 0 radical (unpaired) electrons. The summed E-state index contributed by atoms with van der Waals surface area (Å²) < 4.78 is 0. The predicted octanol–water partition coefficient (Wildman–Crippen LogP) is 13.5. The average molecular weight is 659 g/mol. The van der Waals surface area contributed by atoms with Gasteiger partial charge in [-0.05, 0) is 94.0 Å². The maximum absolute atomic E-state index is 5.07. The summed E-state index contributed by atoms with van der Waals surface area (Å²) in [6.07, 6.45) is 0. The molecule has 0 aliphatic heterocycles. The molecular formula is C50H30N2. The van der Waals surface area contributed by atoms with E-state index in [2.05, 4.69) is 158 Å². The Morgan fingerprint density at radius 3 is 1.25 bits per heavy atom. The van der Waals surface area contributed by atoms with Gasteiger partial charge in [-0.15, -0.1) is 0 Å². The molecule has 2 heteroatoms. The van der Waals surface area contributed by atoms with Gasteiger partial charge in [-0.3, -0.25) is 0 Å². The summed E-state index contributed by atoms with van der Waals surface area (Å²) in [5.74, 6) is 0.721. The van der Waals surface area contributed by atoms with E-state index < -0.39 is 0 Å². The Balaban J connectivity index is 1.14. The third-order valence-corrected chi connectivity index (χ3v) is 10.8. The smallest absolute Gasteiger partial charge is 0.160 e. The van der Waals surface area contributed by atoms with Gasteiger partial charge in [-0.1, -0.05) is 164 Å². The van der Waals surface area contributed by atoms with Gasteiger partial charge >= 0.3 is 0 Å². The van der Waals surface area contributed by atoms with E-state index in [1.54, 1.807) is 0 Å². The van der Waals surface area contributed by atoms with E-state index >= 15 is 0 Å². The van der Waals surface area contributed by atoms with Crippen molar-refractivity contribution in [2.75, 3.05) is 0 Å². The summed E-state index contributed by atoms with van der Waals surface area (Å²) >= 11 is 0. The zero-order valence-corrected chi connectivity index (χ0v) is 28.2. The van der Waals surface area contributed by atoms with Gasteiger partial charge in [0.1, 0.15) is 0 Å². The highest BCUT2D eigenvalue weighted by Gasteiger charge is 2.17. The van der Waals surface area contributed by atoms with Gasteiger partial charge in [0, 0.05) is 16.7 Å². The molecule has 0 amide bonds. The second-order valence-electron chi connectivity index (χ2n) is 13.7. The Kier molecular flexibility index (Phi) is 6.28. The molecule has 0 spiro atoms. The van der Waals surface area contributed by atoms with Crippen molar-refractivity contribution >= 4 is 64.6 Å². The Hall–Kier alpha value is -6.90. The Bertz CT molecular complexity index is 3080. The van der Waals surface area contributed by atoms with E-state index in [1.807, 2.05) is 24.3 Å². The van der Waals surface area contributed by atoms with Crippen molar-refractivity contribution in [2.24, 2.45) is 0 Å². The lowest BCUT2D eigenvalue weighted by Gasteiger charge is -2.17. The zero-order valence-electron chi connectivity index (χ0n) is 28.2. The van der Waals surface area contributed by atoms with Crippen LogP contribution in [0.3, 0.4) is 0 Å². The van der Waals surface area contributed by atoms with E-state index in [9.17, 15) is 0 Å². The van der Waals surface area contributed by atoms with Crippen molar-refractivity contribution < 1.29 is 0 Å². The molecule has 0 N–H and O–H groups in total. The molecule has 0 aliphatic rings. The second kappa shape index (κ2) is 11.3. The monoisotopic (exact) mass is 658 g/mol. The molecule has 0 bridgehead atoms. The lowest BCUT2D eigenvalue weighted by Crippen LogP contribution is -1.95. The van der Waals surface area contributed by atoms with Crippen molar-refractivity contribution in [1.29, 1.82) is 0 Å². The third-order valence-electron chi connectivity index (χ3n) is 10.8. The summed E-state index contributed by atoms with van der Waals surface area (Å²) in [5, 5.41) is 15.5. The Labute approximate surface area is 300 Å². The van der Waals surface area contributed by atoms with Crippen LogP contribution in [0.5, 0.6) is 0 Å². The van der Waals surface area contributed by atoms with Crippen LogP contribution >= 0.6 is 0 Å². The van der Waals surface area contributed by atoms with E-state index in [1.165, 1.54) is 75.8 Å². The highest BCUT2D eigenvalue weighted by Crippen LogP contribution is 2.44. The third kappa shape index (κ3) is 4.44. The van der Waals surface area contributed by atoms with Crippen molar-refractivity contribution in [3.8, 4) is 45.0 Å². The van der Waals surface area contributed by atoms with Gasteiger partial charge in [-0.25, -0.2) is 9.97 Å². The molecule has 240 valence electrons. The van der Waals surface area contributed by atoms with Gasteiger partial charge in [0.25, 0.3) is 0 Å². The van der Waals surface area contributed by atoms with Crippen molar-refractivity contribution in [2.45, 2.75) is 0 Å². The largest absolute Gasteiger partial charge is 0.228 e. The highest BCUT2D eigenvalue weighted by atomic mass is 14.9. The number of fused-ring (bicyclic) bond motifs is 2. The van der Waals surface area contributed by atoms with Gasteiger partial charge in [0.15, 0.2) is 5.82 Å². The molecule has 0 aliphatic carbocycles. The maximum Gasteiger partial charge on any atom is 0.160 e. The normalized spacial score (nSPS) is 11.8. The van der Waals surface area contributed by atoms with Gasteiger partial charge < -0.3 is 0 Å². The summed E-state index contributed by atoms with van der Waals surface area (Å²) in [5.41, 5.74) is 7.30. The number of rotatable bonds is 4. The quantitative estimate of drug-likeness (QED) is 0.176. The molecule has 0 fully saturated rings. The van der Waals surface area contributed by atoms with Gasteiger partial charge in [0.05, 0.1) is 11.4 Å². The number of hydrogen-bond acceptors (Lipinski definition) is 2. The van der Waals surface area contributed by atoms with Crippen LogP contribution in [-0.4, -0.2) is 9.97 Å². The van der Waals surface area contributed by atoms with Crippen LogP contribution < -0.4 is 0 Å². The van der Waals surface area contributed by atoms with Crippen LogP contribution in [0.1, 0.15) is 0 Å². The molecule has 1 heterocycles. The average Bonchev–Trinajstić information content (AvgIpc) is 3.22. The molecule has 0 unspecified atom stereocenters. The molecule has 11 aromatic rings. The van der Waals surface area contributed by atoms with Crippen LogP contribution in [0.4, 0.5) is 0 Å². The zero-order chi connectivity index (χ0) is 34.2. The molecule has 0 atom stereocenters. The number of nitrogens with zero attached hydrogens (tertiary/aromatic N) is 2. The first kappa shape index (κ1) is 28.9. The fraction of sp³-hybridized carbons (Fsp3) is 0. The van der Waals surface area contributed by atoms with Crippen LogP contribution in [0.15, 0.2) is 182 Å². The summed E-state index contributed by atoms with van der Waals surface area (Å²) in [4.78, 5) is 10.1. The summed E-state index contributed by atoms with van der Waals surface area (Å²) in [6.45, 7) is 0. The van der Waals surface area contributed by atoms with E-state index in [0.717, 1.165) is 33.9 Å². The molecular weight excluding hydrogens is 629 g/mol. The van der Waals surface area contributed by atoms with Gasteiger partial charge in [0.2, 0.25) is 0 Å². The molecule has 52 heavy (non-hydrogen) atoms. The fourth-order valence-corrected chi connectivity index (χ4v) is 8.35. The summed E-state index contributed by atoms with van der Waals surface area (Å²) in [7, 11) is 0. The standard InChI is InChI=1S/C50H30N2/c1-3-10-32(11-4-1)44-30-45(52-50(51-44)37-12-5-2-6-13-37)33-22-20-31(21-23-33)39-28-38-27-26-36-15-8-18-41-40-17-7-14-34-24-25-35-16-9-19-42(48(35)46(34)40)43(29-39)49(38)47(36)41/h1-30H. The van der Waals surface area contributed by atoms with Crippen LogP contribution in [0, 0.1) is 0 Å². The lowest BCUT2D eigenvalue weighted by molar-refractivity contribution is 1.18. The molecule has 11 rings (SSSR count). The number of benzene rings is 9.